The third-order valence-electron chi connectivity index (χ3n) is 6.49. The molecule has 4 aromatic rings. The summed E-state index contributed by atoms with van der Waals surface area (Å²) in [6, 6.07) is 10.6. The molecule has 6 nitrogen and oxygen atoms in total. The van der Waals surface area contributed by atoms with Crippen molar-refractivity contribution in [2.45, 2.75) is 25.9 Å². The highest BCUT2D eigenvalue weighted by molar-refractivity contribution is 6.30. The van der Waals surface area contributed by atoms with E-state index < -0.39 is 29.9 Å². The first-order chi connectivity index (χ1) is 19.1. The van der Waals surface area contributed by atoms with Gasteiger partial charge in [0.25, 0.3) is 0 Å². The standard InChI is InChI=1S/C28H22ClF5N4O2/c29-22-5-3-17(12-23(22)30)2-1-10-37-11-8-25-21(16-37)20-14-19(40-28(32,33)34)4-6-24(20)38(25)27(39)36-15-18-7-9-35-26(31)13-18/h1-7,9,12-14H,8,10-11,15-16H2,(H,36,39). The predicted octanol–water partition coefficient (Wildman–Crippen LogP) is 6.70. The van der Waals surface area contributed by atoms with Gasteiger partial charge >= 0.3 is 12.4 Å². The van der Waals surface area contributed by atoms with Crippen LogP contribution in [0.4, 0.5) is 26.7 Å². The van der Waals surface area contributed by atoms with Gasteiger partial charge in [0.2, 0.25) is 5.95 Å². The van der Waals surface area contributed by atoms with E-state index in [1.54, 1.807) is 18.2 Å². The number of carbonyl (C=O) groups is 1. The summed E-state index contributed by atoms with van der Waals surface area (Å²) < 4.78 is 71.5. The Labute approximate surface area is 230 Å². The lowest BCUT2D eigenvalue weighted by Crippen LogP contribution is -2.34. The van der Waals surface area contributed by atoms with Gasteiger partial charge in [0, 0.05) is 49.9 Å². The van der Waals surface area contributed by atoms with Crippen molar-refractivity contribution in [2.75, 3.05) is 13.1 Å². The largest absolute Gasteiger partial charge is 0.573 e. The first-order valence-electron chi connectivity index (χ1n) is 12.2. The van der Waals surface area contributed by atoms with Crippen LogP contribution in [0.25, 0.3) is 17.0 Å². The van der Waals surface area contributed by atoms with Crippen LogP contribution in [-0.4, -0.2) is 39.9 Å². The first-order valence-corrected chi connectivity index (χ1v) is 12.6. The monoisotopic (exact) mass is 576 g/mol. The normalized spacial score (nSPS) is 14.1. The van der Waals surface area contributed by atoms with E-state index in [4.69, 9.17) is 11.6 Å². The summed E-state index contributed by atoms with van der Waals surface area (Å²) in [6.07, 6.45) is 0.471. The second-order valence-electron chi connectivity index (χ2n) is 9.19. The molecule has 0 saturated heterocycles. The van der Waals surface area contributed by atoms with E-state index in [9.17, 15) is 26.7 Å². The average Bonchev–Trinajstić information content (AvgIpc) is 3.21. The van der Waals surface area contributed by atoms with Gasteiger partial charge < -0.3 is 10.1 Å². The molecule has 0 aliphatic carbocycles. The third-order valence-corrected chi connectivity index (χ3v) is 6.79. The molecule has 0 saturated carbocycles. The first kappa shape index (κ1) is 27.6. The summed E-state index contributed by atoms with van der Waals surface area (Å²) >= 11 is 5.73. The fourth-order valence-electron chi connectivity index (χ4n) is 4.74. The van der Waals surface area contributed by atoms with Gasteiger partial charge in [-0.25, -0.2) is 14.2 Å². The number of halogens is 6. The molecule has 2 aromatic heterocycles. The van der Waals surface area contributed by atoms with Crippen LogP contribution >= 0.6 is 11.6 Å². The molecule has 0 radical (unpaired) electrons. The number of ether oxygens (including phenoxy) is 1. The van der Waals surface area contributed by atoms with Crippen molar-refractivity contribution in [2.24, 2.45) is 0 Å². The van der Waals surface area contributed by atoms with Gasteiger partial charge in [-0.15, -0.1) is 13.2 Å². The van der Waals surface area contributed by atoms with Gasteiger partial charge in [-0.2, -0.15) is 4.39 Å². The molecule has 0 spiro atoms. The number of nitrogens with one attached hydrogen (secondary N) is 1. The van der Waals surface area contributed by atoms with Gasteiger partial charge in [-0.1, -0.05) is 29.8 Å². The molecule has 1 N–H and O–H groups in total. The minimum atomic E-state index is -4.87. The molecular weight excluding hydrogens is 555 g/mol. The van der Waals surface area contributed by atoms with E-state index in [2.05, 4.69) is 19.9 Å². The van der Waals surface area contributed by atoms with E-state index in [0.717, 1.165) is 6.07 Å². The molecular formula is C28H22ClF5N4O2. The lowest BCUT2D eigenvalue weighted by molar-refractivity contribution is -0.274. The fraction of sp³-hybridized carbons (Fsp3) is 0.214. The lowest BCUT2D eigenvalue weighted by atomic mass is 10.0. The van der Waals surface area contributed by atoms with E-state index in [1.807, 2.05) is 6.08 Å². The number of hydrogen-bond acceptors (Lipinski definition) is 4. The van der Waals surface area contributed by atoms with Crippen LogP contribution in [0.3, 0.4) is 0 Å². The summed E-state index contributed by atoms with van der Waals surface area (Å²) in [6.45, 7) is 1.44. The summed E-state index contributed by atoms with van der Waals surface area (Å²) in [7, 11) is 0. The van der Waals surface area contributed by atoms with E-state index in [-0.39, 0.29) is 11.6 Å². The zero-order valence-electron chi connectivity index (χ0n) is 20.8. The Morgan fingerprint density at radius 3 is 2.70 bits per heavy atom. The second kappa shape index (κ2) is 11.3. The van der Waals surface area contributed by atoms with E-state index in [1.165, 1.54) is 41.1 Å². The molecule has 3 heterocycles. The zero-order chi connectivity index (χ0) is 28.4. The molecule has 0 atom stereocenters. The number of rotatable bonds is 6. The number of alkyl halides is 3. The Morgan fingerprint density at radius 2 is 1.95 bits per heavy atom. The number of benzene rings is 2. The number of fused-ring (bicyclic) bond motifs is 3. The van der Waals surface area contributed by atoms with Crippen molar-refractivity contribution in [3.8, 4) is 5.75 Å². The van der Waals surface area contributed by atoms with Crippen molar-refractivity contribution in [3.05, 3.63) is 100.0 Å². The van der Waals surface area contributed by atoms with Gasteiger partial charge in [0.1, 0.15) is 11.6 Å². The summed E-state index contributed by atoms with van der Waals surface area (Å²) in [5.41, 5.74) is 2.93. The van der Waals surface area contributed by atoms with Crippen molar-refractivity contribution in [1.29, 1.82) is 0 Å². The molecule has 12 heteroatoms. The molecule has 1 aliphatic rings. The molecule has 208 valence electrons. The average molecular weight is 577 g/mol. The smallest absolute Gasteiger partial charge is 0.406 e. The van der Waals surface area contributed by atoms with Crippen LogP contribution in [0.1, 0.15) is 22.4 Å². The molecule has 1 aliphatic heterocycles. The number of aromatic nitrogens is 2. The molecule has 2 aromatic carbocycles. The lowest BCUT2D eigenvalue weighted by Gasteiger charge is -2.27. The SMILES string of the molecule is O=C(NCc1ccnc(F)c1)n1c2c(c3cc(OC(F)(F)F)ccc31)CN(CC=Cc1ccc(Cl)c(F)c1)CC2. The predicted molar refractivity (Wildman–Crippen MR) is 140 cm³/mol. The minimum Gasteiger partial charge on any atom is -0.406 e. The van der Waals surface area contributed by atoms with Crippen LogP contribution < -0.4 is 10.1 Å². The number of amides is 1. The summed E-state index contributed by atoms with van der Waals surface area (Å²) in [4.78, 5) is 18.8. The molecule has 1 amide bonds. The highest BCUT2D eigenvalue weighted by atomic mass is 35.5. The van der Waals surface area contributed by atoms with Crippen molar-refractivity contribution < 1.29 is 31.5 Å². The van der Waals surface area contributed by atoms with Crippen molar-refractivity contribution >= 4 is 34.6 Å². The molecule has 0 bridgehead atoms. The van der Waals surface area contributed by atoms with Gasteiger partial charge in [-0.3, -0.25) is 9.47 Å². The number of hydrogen-bond donors (Lipinski definition) is 1. The quantitative estimate of drug-likeness (QED) is 0.205. The molecule has 40 heavy (non-hydrogen) atoms. The third kappa shape index (κ3) is 6.26. The molecule has 0 fully saturated rings. The molecule has 5 rings (SSSR count). The Hall–Kier alpha value is -3.96. The maximum Gasteiger partial charge on any atom is 0.573 e. The number of pyridine rings is 1. The Morgan fingerprint density at radius 1 is 1.12 bits per heavy atom. The van der Waals surface area contributed by atoms with E-state index >= 15 is 0 Å². The maximum absolute atomic E-state index is 13.7. The van der Waals surface area contributed by atoms with Crippen LogP contribution in [0.2, 0.25) is 5.02 Å². The topological polar surface area (TPSA) is 59.4 Å². The van der Waals surface area contributed by atoms with Crippen LogP contribution in [0.5, 0.6) is 5.75 Å². The minimum absolute atomic E-state index is 0.0305. The van der Waals surface area contributed by atoms with Gasteiger partial charge in [0.15, 0.2) is 0 Å². The second-order valence-corrected chi connectivity index (χ2v) is 9.60. The van der Waals surface area contributed by atoms with Gasteiger partial charge in [-0.05, 0) is 59.2 Å². The summed E-state index contributed by atoms with van der Waals surface area (Å²) in [5, 5.41) is 3.23. The maximum atomic E-state index is 13.7. The fourth-order valence-corrected chi connectivity index (χ4v) is 4.86. The van der Waals surface area contributed by atoms with Crippen LogP contribution in [-0.2, 0) is 19.5 Å². The highest BCUT2D eigenvalue weighted by Crippen LogP contribution is 2.35. The Bertz CT molecular complexity index is 1600. The zero-order valence-corrected chi connectivity index (χ0v) is 21.6. The van der Waals surface area contributed by atoms with Crippen molar-refractivity contribution in [1.82, 2.24) is 19.8 Å². The Kier molecular flexibility index (Phi) is 7.77. The van der Waals surface area contributed by atoms with Crippen LogP contribution in [0.15, 0.2) is 60.8 Å². The van der Waals surface area contributed by atoms with E-state index in [0.29, 0.717) is 59.3 Å². The van der Waals surface area contributed by atoms with Crippen LogP contribution in [0, 0.1) is 11.8 Å². The van der Waals surface area contributed by atoms with Gasteiger partial charge in [0.05, 0.1) is 10.5 Å². The number of nitrogens with zero attached hydrogens (tertiary/aromatic N) is 3. The summed E-state index contributed by atoms with van der Waals surface area (Å²) in [5.74, 6) is -1.60. The Balaban J connectivity index is 1.42. The highest BCUT2D eigenvalue weighted by Gasteiger charge is 2.32. The van der Waals surface area contributed by atoms with Crippen molar-refractivity contribution in [3.63, 3.8) is 0 Å². The molecule has 0 unspecified atom stereocenters. The number of carbonyl (C=O) groups excluding carboxylic acids is 1.